The quantitative estimate of drug-likeness (QED) is 0.818. The number of hydrazine groups is 2. The predicted molar refractivity (Wildman–Crippen MR) is 118 cm³/mol. The van der Waals surface area contributed by atoms with Crippen LogP contribution in [0.2, 0.25) is 0 Å². The van der Waals surface area contributed by atoms with Crippen LogP contribution in [0.5, 0.6) is 0 Å². The van der Waals surface area contributed by atoms with E-state index in [0.29, 0.717) is 6.04 Å². The van der Waals surface area contributed by atoms with Crippen LogP contribution in [-0.4, -0.2) is 62.5 Å². The van der Waals surface area contributed by atoms with Crippen molar-refractivity contribution >= 4 is 11.4 Å². The third kappa shape index (κ3) is 3.68. The lowest BCUT2D eigenvalue weighted by atomic mass is 10.1. The van der Waals surface area contributed by atoms with Gasteiger partial charge in [-0.2, -0.15) is 15.2 Å². The van der Waals surface area contributed by atoms with Gasteiger partial charge in [-0.15, -0.1) is 0 Å². The summed E-state index contributed by atoms with van der Waals surface area (Å²) >= 11 is 0. The standard InChI is InChI=1S/C23H26FN7/c1-17(2)28-11-13-29(14-12-28)30-10-4-7-21-27-22(18-5-3-6-20(24)15-18)23(31(21)30)19-8-9-25-26-16-19/h3-10,15-17,27H,11-14H2,1-2H3. The van der Waals surface area contributed by atoms with Crippen molar-refractivity contribution in [3.63, 3.8) is 0 Å². The van der Waals surface area contributed by atoms with E-state index in [1.165, 1.54) is 6.07 Å². The van der Waals surface area contributed by atoms with E-state index in [4.69, 9.17) is 0 Å². The van der Waals surface area contributed by atoms with Crippen LogP contribution in [0, 0.1) is 5.82 Å². The Kier molecular flexibility index (Phi) is 5.17. The lowest BCUT2D eigenvalue weighted by Gasteiger charge is -2.46. The molecule has 0 unspecified atom stereocenters. The zero-order valence-corrected chi connectivity index (χ0v) is 17.7. The summed E-state index contributed by atoms with van der Waals surface area (Å²) in [7, 11) is 0. The summed E-state index contributed by atoms with van der Waals surface area (Å²) in [5.41, 5.74) is 3.45. The number of nitrogens with one attached hydrogen (secondary N) is 1. The summed E-state index contributed by atoms with van der Waals surface area (Å²) in [6.45, 7) is 8.34. The Morgan fingerprint density at radius 1 is 1.03 bits per heavy atom. The molecule has 160 valence electrons. The summed E-state index contributed by atoms with van der Waals surface area (Å²) in [4.78, 5) is 2.49. The van der Waals surface area contributed by atoms with Gasteiger partial charge in [-0.3, -0.25) is 4.90 Å². The topological polar surface area (TPSA) is 50.8 Å². The van der Waals surface area contributed by atoms with Crippen LogP contribution < -0.4 is 5.32 Å². The van der Waals surface area contributed by atoms with E-state index in [1.807, 2.05) is 24.3 Å². The third-order valence-corrected chi connectivity index (χ3v) is 5.89. The minimum Gasteiger partial charge on any atom is -0.338 e. The summed E-state index contributed by atoms with van der Waals surface area (Å²) in [5.74, 6) is 0.650. The molecule has 0 spiro atoms. The van der Waals surface area contributed by atoms with E-state index in [-0.39, 0.29) is 5.82 Å². The number of fused-ring (bicyclic) bond motifs is 1. The first-order valence-electron chi connectivity index (χ1n) is 10.6. The average Bonchev–Trinajstić information content (AvgIpc) is 3.19. The summed E-state index contributed by atoms with van der Waals surface area (Å²) in [6.07, 6.45) is 9.55. The van der Waals surface area contributed by atoms with Crippen molar-refractivity contribution < 1.29 is 4.39 Å². The Hall–Kier alpha value is -3.23. The van der Waals surface area contributed by atoms with Crippen molar-refractivity contribution in [3.05, 3.63) is 83.8 Å². The number of piperazine rings is 1. The van der Waals surface area contributed by atoms with Crippen molar-refractivity contribution in [2.24, 2.45) is 0 Å². The highest BCUT2D eigenvalue weighted by Gasteiger charge is 2.37. The first-order valence-corrected chi connectivity index (χ1v) is 10.6. The maximum atomic E-state index is 14.1. The molecule has 0 aliphatic carbocycles. The maximum Gasteiger partial charge on any atom is 0.132 e. The Bertz CT molecular complexity index is 1040. The van der Waals surface area contributed by atoms with Crippen LogP contribution in [0.1, 0.15) is 25.0 Å². The fraction of sp³-hybridized carbons (Fsp3) is 0.304. The average molecular weight is 420 g/mol. The SMILES string of the molecule is CC(C)N1CCN(N2C=CC=C3NC(c4cccc(F)c4)=C(c4ccnnc4)N32)CC1. The molecule has 1 fully saturated rings. The fourth-order valence-electron chi connectivity index (χ4n) is 4.27. The van der Waals surface area contributed by atoms with Crippen molar-refractivity contribution in [1.82, 2.24) is 35.5 Å². The van der Waals surface area contributed by atoms with E-state index >= 15 is 0 Å². The molecule has 2 aromatic rings. The second kappa shape index (κ2) is 8.13. The number of halogens is 1. The van der Waals surface area contributed by atoms with Crippen LogP contribution in [0.25, 0.3) is 11.4 Å². The first-order chi connectivity index (χ1) is 15.1. The van der Waals surface area contributed by atoms with Gasteiger partial charge >= 0.3 is 0 Å². The zero-order valence-electron chi connectivity index (χ0n) is 17.7. The fourth-order valence-corrected chi connectivity index (χ4v) is 4.27. The number of hydrogen-bond donors (Lipinski definition) is 1. The van der Waals surface area contributed by atoms with E-state index in [2.05, 4.69) is 55.6 Å². The Labute approximate surface area is 181 Å². The summed E-state index contributed by atoms with van der Waals surface area (Å²) < 4.78 is 14.1. The molecular weight excluding hydrogens is 393 g/mol. The van der Waals surface area contributed by atoms with Crippen LogP contribution in [-0.2, 0) is 0 Å². The maximum absolute atomic E-state index is 14.1. The molecule has 1 saturated heterocycles. The van der Waals surface area contributed by atoms with Crippen LogP contribution >= 0.6 is 0 Å². The monoisotopic (exact) mass is 419 g/mol. The second-order valence-electron chi connectivity index (χ2n) is 8.10. The van der Waals surface area contributed by atoms with Crippen molar-refractivity contribution in [2.75, 3.05) is 26.2 Å². The molecular formula is C23H26FN7. The van der Waals surface area contributed by atoms with E-state index < -0.39 is 0 Å². The number of aromatic nitrogens is 2. The molecule has 1 aromatic carbocycles. The Morgan fingerprint density at radius 2 is 1.87 bits per heavy atom. The van der Waals surface area contributed by atoms with Crippen LogP contribution in [0.15, 0.2) is 66.9 Å². The summed E-state index contributed by atoms with van der Waals surface area (Å²) in [6, 6.07) is 9.13. The van der Waals surface area contributed by atoms with Gasteiger partial charge in [0.15, 0.2) is 0 Å². The number of rotatable bonds is 4. The molecule has 4 heterocycles. The van der Waals surface area contributed by atoms with E-state index in [0.717, 1.165) is 54.5 Å². The zero-order chi connectivity index (χ0) is 21.4. The van der Waals surface area contributed by atoms with Gasteiger partial charge in [0, 0.05) is 49.5 Å². The minimum atomic E-state index is -0.266. The smallest absolute Gasteiger partial charge is 0.132 e. The van der Waals surface area contributed by atoms with Gasteiger partial charge in [-0.05, 0) is 44.2 Å². The molecule has 3 aliphatic rings. The molecule has 0 saturated carbocycles. The molecule has 8 heteroatoms. The number of benzene rings is 1. The van der Waals surface area contributed by atoms with E-state index in [9.17, 15) is 4.39 Å². The molecule has 1 N–H and O–H groups in total. The highest BCUT2D eigenvalue weighted by Crippen LogP contribution is 2.39. The summed E-state index contributed by atoms with van der Waals surface area (Å²) in [5, 5.41) is 18.2. The Morgan fingerprint density at radius 3 is 2.58 bits per heavy atom. The van der Waals surface area contributed by atoms with Gasteiger partial charge in [0.1, 0.15) is 11.6 Å². The highest BCUT2D eigenvalue weighted by molar-refractivity contribution is 5.92. The molecule has 31 heavy (non-hydrogen) atoms. The Balaban J connectivity index is 1.55. The molecule has 0 radical (unpaired) electrons. The minimum absolute atomic E-state index is 0.266. The van der Waals surface area contributed by atoms with Gasteiger partial charge in [0.05, 0.1) is 23.8 Å². The lowest BCUT2D eigenvalue weighted by Crippen LogP contribution is -2.57. The third-order valence-electron chi connectivity index (χ3n) is 5.89. The molecule has 0 bridgehead atoms. The predicted octanol–water partition coefficient (Wildman–Crippen LogP) is 2.87. The van der Waals surface area contributed by atoms with Gasteiger partial charge in [0.2, 0.25) is 0 Å². The van der Waals surface area contributed by atoms with Gasteiger partial charge < -0.3 is 5.32 Å². The van der Waals surface area contributed by atoms with Crippen LogP contribution in [0.4, 0.5) is 4.39 Å². The van der Waals surface area contributed by atoms with E-state index in [1.54, 1.807) is 24.5 Å². The first kappa shape index (κ1) is 19.7. The second-order valence-corrected chi connectivity index (χ2v) is 8.10. The molecule has 1 aromatic heterocycles. The molecule has 0 atom stereocenters. The largest absolute Gasteiger partial charge is 0.338 e. The number of hydrogen-bond acceptors (Lipinski definition) is 7. The number of nitrogens with zero attached hydrogens (tertiary/aromatic N) is 6. The van der Waals surface area contributed by atoms with Gasteiger partial charge in [0.25, 0.3) is 0 Å². The highest BCUT2D eigenvalue weighted by atomic mass is 19.1. The van der Waals surface area contributed by atoms with Crippen molar-refractivity contribution in [2.45, 2.75) is 19.9 Å². The van der Waals surface area contributed by atoms with Crippen molar-refractivity contribution in [1.29, 1.82) is 0 Å². The van der Waals surface area contributed by atoms with Crippen molar-refractivity contribution in [3.8, 4) is 0 Å². The molecule has 0 amide bonds. The normalized spacial score (nSPS) is 19.7. The van der Waals surface area contributed by atoms with Gasteiger partial charge in [-0.1, -0.05) is 12.1 Å². The molecule has 3 aliphatic heterocycles. The van der Waals surface area contributed by atoms with Crippen LogP contribution in [0.3, 0.4) is 0 Å². The molecule has 5 rings (SSSR count). The molecule has 7 nitrogen and oxygen atoms in total. The van der Waals surface area contributed by atoms with Gasteiger partial charge in [-0.25, -0.2) is 14.5 Å². The number of allylic oxidation sites excluding steroid dienone is 2. The lowest BCUT2D eigenvalue weighted by molar-refractivity contribution is -0.119.